The average molecular weight is 270 g/mol. The van der Waals surface area contributed by atoms with Crippen LogP contribution < -0.4 is 15.8 Å². The fourth-order valence-electron chi connectivity index (χ4n) is 2.07. The molecular weight excluding hydrogens is 248 g/mol. The molecule has 2 aromatic rings. The molecule has 0 atom stereocenters. The standard InChI is InChI=1S/C17H22N2O/c1-12(2)14-6-4-13(5-7-14)11-19-16-8-15(18)9-17(10-16)20-3/h4-10,12,19H,11,18H2,1-3H3. The van der Waals surface area contributed by atoms with Gasteiger partial charge in [0.1, 0.15) is 5.75 Å². The summed E-state index contributed by atoms with van der Waals surface area (Å²) < 4.78 is 5.21. The highest BCUT2D eigenvalue weighted by Gasteiger charge is 2.01. The summed E-state index contributed by atoms with van der Waals surface area (Å²) in [6.45, 7) is 5.17. The molecule has 106 valence electrons. The quantitative estimate of drug-likeness (QED) is 0.807. The lowest BCUT2D eigenvalue weighted by molar-refractivity contribution is 0.415. The summed E-state index contributed by atoms with van der Waals surface area (Å²) in [5.41, 5.74) is 10.1. The van der Waals surface area contributed by atoms with E-state index in [-0.39, 0.29) is 0 Å². The van der Waals surface area contributed by atoms with E-state index in [0.717, 1.165) is 18.0 Å². The largest absolute Gasteiger partial charge is 0.497 e. The molecule has 2 rings (SSSR count). The Bertz CT molecular complexity index is 562. The second kappa shape index (κ2) is 6.33. The van der Waals surface area contributed by atoms with E-state index in [1.165, 1.54) is 11.1 Å². The summed E-state index contributed by atoms with van der Waals surface area (Å²) in [4.78, 5) is 0. The number of anilines is 2. The lowest BCUT2D eigenvalue weighted by atomic mass is 10.0. The van der Waals surface area contributed by atoms with Crippen molar-refractivity contribution >= 4 is 11.4 Å². The molecule has 0 heterocycles. The van der Waals surface area contributed by atoms with Gasteiger partial charge in [-0.2, -0.15) is 0 Å². The molecule has 0 amide bonds. The Kier molecular flexibility index (Phi) is 4.51. The lowest BCUT2D eigenvalue weighted by Crippen LogP contribution is -2.01. The SMILES string of the molecule is COc1cc(N)cc(NCc2ccc(C(C)C)cc2)c1. The number of methoxy groups -OCH3 is 1. The first-order chi connectivity index (χ1) is 9.58. The van der Waals surface area contributed by atoms with Crippen LogP contribution >= 0.6 is 0 Å². The predicted molar refractivity (Wildman–Crippen MR) is 85.3 cm³/mol. The molecule has 3 nitrogen and oxygen atoms in total. The molecule has 0 bridgehead atoms. The third-order valence-corrected chi connectivity index (χ3v) is 3.31. The van der Waals surface area contributed by atoms with Crippen LogP contribution in [0.5, 0.6) is 5.75 Å². The Morgan fingerprint density at radius 2 is 1.80 bits per heavy atom. The molecule has 0 aliphatic rings. The third-order valence-electron chi connectivity index (χ3n) is 3.31. The maximum absolute atomic E-state index is 5.84. The Morgan fingerprint density at radius 1 is 1.10 bits per heavy atom. The van der Waals surface area contributed by atoms with Gasteiger partial charge in [0.05, 0.1) is 7.11 Å². The molecule has 0 saturated carbocycles. The molecule has 2 aromatic carbocycles. The van der Waals surface area contributed by atoms with Crippen LogP contribution in [0.1, 0.15) is 30.9 Å². The smallest absolute Gasteiger partial charge is 0.122 e. The number of benzene rings is 2. The fourth-order valence-corrected chi connectivity index (χ4v) is 2.07. The van der Waals surface area contributed by atoms with Crippen LogP contribution in [0, 0.1) is 0 Å². The van der Waals surface area contributed by atoms with Crippen molar-refractivity contribution in [2.75, 3.05) is 18.2 Å². The van der Waals surface area contributed by atoms with Crippen molar-refractivity contribution in [1.82, 2.24) is 0 Å². The minimum atomic E-state index is 0.565. The molecule has 0 aromatic heterocycles. The zero-order valence-corrected chi connectivity index (χ0v) is 12.3. The van der Waals surface area contributed by atoms with Gasteiger partial charge in [0.15, 0.2) is 0 Å². The summed E-state index contributed by atoms with van der Waals surface area (Å²) in [5.74, 6) is 1.33. The maximum Gasteiger partial charge on any atom is 0.122 e. The van der Waals surface area contributed by atoms with Crippen molar-refractivity contribution < 1.29 is 4.74 Å². The first kappa shape index (κ1) is 14.3. The molecular formula is C17H22N2O. The average Bonchev–Trinajstić information content (AvgIpc) is 2.45. The molecule has 0 saturated heterocycles. The van der Waals surface area contributed by atoms with Crippen molar-refractivity contribution in [3.8, 4) is 5.75 Å². The number of hydrogen-bond acceptors (Lipinski definition) is 3. The van der Waals surface area contributed by atoms with E-state index in [0.29, 0.717) is 11.6 Å². The van der Waals surface area contributed by atoms with Gasteiger partial charge in [0.2, 0.25) is 0 Å². The molecule has 20 heavy (non-hydrogen) atoms. The van der Waals surface area contributed by atoms with Crippen molar-refractivity contribution in [3.63, 3.8) is 0 Å². The summed E-state index contributed by atoms with van der Waals surface area (Å²) in [5, 5.41) is 3.37. The second-order valence-corrected chi connectivity index (χ2v) is 5.24. The predicted octanol–water partition coefficient (Wildman–Crippen LogP) is 4.01. The number of nitrogens with two attached hydrogens (primary N) is 1. The van der Waals surface area contributed by atoms with E-state index < -0.39 is 0 Å². The summed E-state index contributed by atoms with van der Waals surface area (Å²) >= 11 is 0. The van der Waals surface area contributed by atoms with Crippen LogP contribution in [0.25, 0.3) is 0 Å². The normalized spacial score (nSPS) is 10.6. The van der Waals surface area contributed by atoms with Gasteiger partial charge in [-0.1, -0.05) is 38.1 Å². The monoisotopic (exact) mass is 270 g/mol. The highest BCUT2D eigenvalue weighted by Crippen LogP contribution is 2.23. The van der Waals surface area contributed by atoms with Gasteiger partial charge in [-0.3, -0.25) is 0 Å². The van der Waals surface area contributed by atoms with Gasteiger partial charge in [0.25, 0.3) is 0 Å². The minimum absolute atomic E-state index is 0.565. The van der Waals surface area contributed by atoms with Gasteiger partial charge in [-0.15, -0.1) is 0 Å². The van der Waals surface area contributed by atoms with E-state index in [4.69, 9.17) is 10.5 Å². The van der Waals surface area contributed by atoms with Crippen LogP contribution in [0.2, 0.25) is 0 Å². The number of rotatable bonds is 5. The van der Waals surface area contributed by atoms with Crippen LogP contribution in [0.15, 0.2) is 42.5 Å². The van der Waals surface area contributed by atoms with Crippen molar-refractivity contribution in [2.24, 2.45) is 0 Å². The highest BCUT2D eigenvalue weighted by atomic mass is 16.5. The second-order valence-electron chi connectivity index (χ2n) is 5.24. The zero-order valence-electron chi connectivity index (χ0n) is 12.3. The van der Waals surface area contributed by atoms with Gasteiger partial charge >= 0.3 is 0 Å². The third kappa shape index (κ3) is 3.67. The van der Waals surface area contributed by atoms with E-state index >= 15 is 0 Å². The van der Waals surface area contributed by atoms with Crippen LogP contribution in [0.3, 0.4) is 0 Å². The van der Waals surface area contributed by atoms with E-state index in [1.54, 1.807) is 7.11 Å². The van der Waals surface area contributed by atoms with Gasteiger partial charge < -0.3 is 15.8 Å². The fraction of sp³-hybridized carbons (Fsp3) is 0.294. The molecule has 0 unspecified atom stereocenters. The van der Waals surface area contributed by atoms with Crippen molar-refractivity contribution in [1.29, 1.82) is 0 Å². The molecule has 0 radical (unpaired) electrons. The highest BCUT2D eigenvalue weighted by molar-refractivity contribution is 5.59. The lowest BCUT2D eigenvalue weighted by Gasteiger charge is -2.11. The molecule has 0 fully saturated rings. The Balaban J connectivity index is 2.03. The van der Waals surface area contributed by atoms with E-state index in [9.17, 15) is 0 Å². The molecule has 3 N–H and O–H groups in total. The summed E-state index contributed by atoms with van der Waals surface area (Å²) in [6, 6.07) is 14.3. The van der Waals surface area contributed by atoms with Crippen LogP contribution in [0.4, 0.5) is 11.4 Å². The number of nitrogen functional groups attached to an aromatic ring is 1. The Morgan fingerprint density at radius 3 is 2.40 bits per heavy atom. The van der Waals surface area contributed by atoms with Gasteiger partial charge in [0, 0.05) is 30.1 Å². The summed E-state index contributed by atoms with van der Waals surface area (Å²) in [6.07, 6.45) is 0. The molecule has 0 spiro atoms. The van der Waals surface area contributed by atoms with Crippen LogP contribution in [-0.2, 0) is 6.54 Å². The van der Waals surface area contributed by atoms with Gasteiger partial charge in [-0.05, 0) is 23.1 Å². The minimum Gasteiger partial charge on any atom is -0.497 e. The Hall–Kier alpha value is -2.16. The van der Waals surface area contributed by atoms with Crippen molar-refractivity contribution in [2.45, 2.75) is 26.3 Å². The zero-order chi connectivity index (χ0) is 14.5. The summed E-state index contributed by atoms with van der Waals surface area (Å²) in [7, 11) is 1.64. The molecule has 0 aliphatic heterocycles. The first-order valence-electron chi connectivity index (χ1n) is 6.85. The first-order valence-corrected chi connectivity index (χ1v) is 6.85. The number of nitrogens with one attached hydrogen (secondary N) is 1. The van der Waals surface area contributed by atoms with Gasteiger partial charge in [-0.25, -0.2) is 0 Å². The molecule has 3 heteroatoms. The maximum atomic E-state index is 5.84. The Labute approximate surface area is 120 Å². The topological polar surface area (TPSA) is 47.3 Å². The van der Waals surface area contributed by atoms with Crippen LogP contribution in [-0.4, -0.2) is 7.11 Å². The van der Waals surface area contributed by atoms with E-state index in [1.807, 2.05) is 18.2 Å². The van der Waals surface area contributed by atoms with Crippen molar-refractivity contribution in [3.05, 3.63) is 53.6 Å². The number of ether oxygens (including phenoxy) is 1. The van der Waals surface area contributed by atoms with E-state index in [2.05, 4.69) is 43.4 Å². The number of hydrogen-bond donors (Lipinski definition) is 2. The molecule has 0 aliphatic carbocycles.